The van der Waals surface area contributed by atoms with Crippen LogP contribution in [0.5, 0.6) is 0 Å². The number of rotatable bonds is 6. The first-order valence-corrected chi connectivity index (χ1v) is 11.1. The quantitative estimate of drug-likeness (QED) is 0.264. The van der Waals surface area contributed by atoms with Crippen LogP contribution in [0.3, 0.4) is 0 Å². The van der Waals surface area contributed by atoms with Crippen LogP contribution in [0.15, 0.2) is 74.7 Å². The molecule has 0 aliphatic carbocycles. The number of hydrazone groups is 1. The average Bonchev–Trinajstić information content (AvgIpc) is 3.38. The van der Waals surface area contributed by atoms with Gasteiger partial charge in [-0.25, -0.2) is 5.43 Å². The molecule has 6 nitrogen and oxygen atoms in total. The molecule has 0 aliphatic rings. The first-order chi connectivity index (χ1) is 15.0. The van der Waals surface area contributed by atoms with Crippen LogP contribution in [0.2, 0.25) is 5.02 Å². The van der Waals surface area contributed by atoms with E-state index in [9.17, 15) is 9.59 Å². The molecular weight excluding hydrogens is 502 g/mol. The van der Waals surface area contributed by atoms with Gasteiger partial charge in [-0.3, -0.25) is 9.59 Å². The highest BCUT2D eigenvalue weighted by Gasteiger charge is 2.17. The maximum atomic E-state index is 12.4. The molecule has 0 radical (unpaired) electrons. The summed E-state index contributed by atoms with van der Waals surface area (Å²) in [6.07, 6.45) is 1.39. The largest absolute Gasteiger partial charge is 0.455 e. The fourth-order valence-corrected chi connectivity index (χ4v) is 4.50. The SMILES string of the molecule is O=C(CNC(=O)c1sc2ccccc2c1Cl)NN=Cc1ccc(-c2ccc(Br)cc2)o1. The number of thiophene rings is 1. The van der Waals surface area contributed by atoms with Crippen molar-refractivity contribution in [3.8, 4) is 11.3 Å². The summed E-state index contributed by atoms with van der Waals surface area (Å²) < 4.78 is 7.58. The van der Waals surface area contributed by atoms with Gasteiger partial charge < -0.3 is 9.73 Å². The van der Waals surface area contributed by atoms with Crippen molar-refractivity contribution in [2.75, 3.05) is 6.54 Å². The van der Waals surface area contributed by atoms with Gasteiger partial charge in [-0.05, 0) is 30.3 Å². The second kappa shape index (κ2) is 9.47. The van der Waals surface area contributed by atoms with Crippen molar-refractivity contribution >= 4 is 67.0 Å². The van der Waals surface area contributed by atoms with Crippen molar-refractivity contribution < 1.29 is 14.0 Å². The number of hydrogen-bond donors (Lipinski definition) is 2. The summed E-state index contributed by atoms with van der Waals surface area (Å²) in [6.45, 7) is -0.233. The summed E-state index contributed by atoms with van der Waals surface area (Å²) in [5.74, 6) is 0.295. The summed E-state index contributed by atoms with van der Waals surface area (Å²) in [7, 11) is 0. The highest BCUT2D eigenvalue weighted by molar-refractivity contribution is 9.10. The van der Waals surface area contributed by atoms with Gasteiger partial charge in [0.2, 0.25) is 0 Å². The number of nitrogens with zero attached hydrogens (tertiary/aromatic N) is 1. The Balaban J connectivity index is 1.30. The number of halogens is 2. The molecule has 2 amide bonds. The minimum atomic E-state index is -0.471. The van der Waals surface area contributed by atoms with Gasteiger partial charge in [0.25, 0.3) is 11.8 Å². The van der Waals surface area contributed by atoms with E-state index in [1.807, 2.05) is 54.6 Å². The van der Waals surface area contributed by atoms with E-state index in [1.165, 1.54) is 17.6 Å². The van der Waals surface area contributed by atoms with E-state index in [1.54, 1.807) is 6.07 Å². The zero-order valence-electron chi connectivity index (χ0n) is 15.9. The number of carbonyl (C=O) groups excluding carboxylic acids is 2. The molecule has 0 atom stereocenters. The lowest BCUT2D eigenvalue weighted by Crippen LogP contribution is -2.34. The number of furan rings is 1. The number of hydrogen-bond acceptors (Lipinski definition) is 5. The van der Waals surface area contributed by atoms with Crippen molar-refractivity contribution in [1.29, 1.82) is 0 Å². The highest BCUT2D eigenvalue weighted by Crippen LogP contribution is 2.34. The summed E-state index contributed by atoms with van der Waals surface area (Å²) in [5, 5.41) is 7.62. The number of nitrogens with one attached hydrogen (secondary N) is 2. The minimum absolute atomic E-state index is 0.233. The summed E-state index contributed by atoms with van der Waals surface area (Å²) in [6, 6.07) is 18.7. The Bertz CT molecular complexity index is 1280. The lowest BCUT2D eigenvalue weighted by Gasteiger charge is -2.02. The Morgan fingerprint density at radius 2 is 1.87 bits per heavy atom. The third-order valence-electron chi connectivity index (χ3n) is 4.29. The standard InChI is InChI=1S/C22H15BrClN3O3S/c23-14-7-5-13(6-8-14)17-10-9-15(30-17)11-26-27-19(28)12-25-22(29)21-20(24)16-3-1-2-4-18(16)31-21/h1-11H,12H2,(H,25,29)(H,27,28). The zero-order chi connectivity index (χ0) is 21.8. The van der Waals surface area contributed by atoms with Crippen molar-refractivity contribution in [2.24, 2.45) is 5.10 Å². The monoisotopic (exact) mass is 515 g/mol. The molecule has 2 aromatic heterocycles. The number of benzene rings is 2. The summed E-state index contributed by atoms with van der Waals surface area (Å²) in [4.78, 5) is 24.7. The second-order valence-corrected chi connectivity index (χ2v) is 8.77. The lowest BCUT2D eigenvalue weighted by molar-refractivity contribution is -0.120. The Labute approximate surface area is 195 Å². The minimum Gasteiger partial charge on any atom is -0.455 e. The molecule has 0 unspecified atom stereocenters. The molecule has 2 heterocycles. The van der Waals surface area contributed by atoms with Gasteiger partial charge in [-0.15, -0.1) is 11.3 Å². The third-order valence-corrected chi connectivity index (χ3v) is 6.49. The van der Waals surface area contributed by atoms with E-state index in [0.29, 0.717) is 21.4 Å². The molecule has 0 saturated heterocycles. The molecule has 9 heteroatoms. The fraction of sp³-hybridized carbons (Fsp3) is 0.0455. The predicted molar refractivity (Wildman–Crippen MR) is 127 cm³/mol. The van der Waals surface area contributed by atoms with Crippen LogP contribution in [-0.2, 0) is 4.79 Å². The van der Waals surface area contributed by atoms with E-state index >= 15 is 0 Å². The van der Waals surface area contributed by atoms with Crippen LogP contribution in [0.25, 0.3) is 21.4 Å². The van der Waals surface area contributed by atoms with E-state index in [2.05, 4.69) is 31.8 Å². The molecule has 0 spiro atoms. The lowest BCUT2D eigenvalue weighted by atomic mass is 10.2. The topological polar surface area (TPSA) is 83.7 Å². The Kier molecular flexibility index (Phi) is 6.50. The molecule has 4 rings (SSSR count). The normalized spacial score (nSPS) is 11.2. The molecule has 4 aromatic rings. The zero-order valence-corrected chi connectivity index (χ0v) is 19.1. The third kappa shape index (κ3) is 5.04. The van der Waals surface area contributed by atoms with E-state index in [-0.39, 0.29) is 6.54 Å². The molecule has 0 fully saturated rings. The highest BCUT2D eigenvalue weighted by atomic mass is 79.9. The Morgan fingerprint density at radius 1 is 1.10 bits per heavy atom. The number of carbonyl (C=O) groups is 2. The van der Waals surface area contributed by atoms with Crippen molar-refractivity contribution in [3.63, 3.8) is 0 Å². The fourth-order valence-electron chi connectivity index (χ4n) is 2.80. The van der Waals surface area contributed by atoms with Crippen LogP contribution in [0.1, 0.15) is 15.4 Å². The van der Waals surface area contributed by atoms with Crippen molar-refractivity contribution in [2.45, 2.75) is 0 Å². The predicted octanol–water partition coefficient (Wildman–Crippen LogP) is 5.46. The van der Waals surface area contributed by atoms with Crippen LogP contribution >= 0.6 is 38.9 Å². The van der Waals surface area contributed by atoms with Gasteiger partial charge in [0.15, 0.2) is 0 Å². The maximum absolute atomic E-state index is 12.4. The van der Waals surface area contributed by atoms with Gasteiger partial charge in [0, 0.05) is 20.1 Å². The van der Waals surface area contributed by atoms with Gasteiger partial charge in [0.05, 0.1) is 17.8 Å². The van der Waals surface area contributed by atoms with Crippen molar-refractivity contribution in [3.05, 3.63) is 80.8 Å². The van der Waals surface area contributed by atoms with Crippen LogP contribution in [0, 0.1) is 0 Å². The summed E-state index contributed by atoms with van der Waals surface area (Å²) >= 11 is 11.0. The molecule has 2 N–H and O–H groups in total. The first-order valence-electron chi connectivity index (χ1n) is 9.14. The first kappa shape index (κ1) is 21.3. The number of fused-ring (bicyclic) bond motifs is 1. The number of amides is 2. The van der Waals surface area contributed by atoms with Gasteiger partial charge in [-0.2, -0.15) is 5.10 Å². The van der Waals surface area contributed by atoms with Gasteiger partial charge >= 0.3 is 0 Å². The van der Waals surface area contributed by atoms with E-state index in [4.69, 9.17) is 16.0 Å². The van der Waals surface area contributed by atoms with Crippen LogP contribution < -0.4 is 10.7 Å². The van der Waals surface area contributed by atoms with E-state index < -0.39 is 11.8 Å². The molecule has 0 bridgehead atoms. The van der Waals surface area contributed by atoms with Gasteiger partial charge in [0.1, 0.15) is 16.4 Å². The molecule has 156 valence electrons. The maximum Gasteiger partial charge on any atom is 0.263 e. The smallest absolute Gasteiger partial charge is 0.263 e. The molecule has 0 saturated carbocycles. The molecule has 0 aliphatic heterocycles. The second-order valence-electron chi connectivity index (χ2n) is 6.43. The van der Waals surface area contributed by atoms with Crippen LogP contribution in [0.4, 0.5) is 0 Å². The molecule has 31 heavy (non-hydrogen) atoms. The van der Waals surface area contributed by atoms with E-state index in [0.717, 1.165) is 20.1 Å². The molecular formula is C22H15BrClN3O3S. The Hall–Kier alpha value is -2.94. The molecule has 2 aromatic carbocycles. The Morgan fingerprint density at radius 3 is 2.65 bits per heavy atom. The van der Waals surface area contributed by atoms with Gasteiger partial charge in [-0.1, -0.05) is 57.9 Å². The average molecular weight is 517 g/mol. The van der Waals surface area contributed by atoms with Crippen LogP contribution in [-0.4, -0.2) is 24.6 Å². The van der Waals surface area contributed by atoms with Crippen molar-refractivity contribution in [1.82, 2.24) is 10.7 Å². The summed E-state index contributed by atoms with van der Waals surface area (Å²) in [5.41, 5.74) is 3.28.